The van der Waals surface area contributed by atoms with E-state index in [-0.39, 0.29) is 11.4 Å². The number of fused-ring (bicyclic) bond motifs is 1. The van der Waals surface area contributed by atoms with Gasteiger partial charge in [0.2, 0.25) is 0 Å². The number of aromatic nitrogens is 1. The van der Waals surface area contributed by atoms with Gasteiger partial charge in [0, 0.05) is 21.7 Å². The van der Waals surface area contributed by atoms with E-state index in [0.717, 1.165) is 15.2 Å². The van der Waals surface area contributed by atoms with E-state index in [1.807, 2.05) is 36.4 Å². The highest BCUT2D eigenvalue weighted by Crippen LogP contribution is 2.30. The number of nitrogens with one attached hydrogen (secondary N) is 1. The van der Waals surface area contributed by atoms with Gasteiger partial charge < -0.3 is 10.4 Å². The molecule has 0 fully saturated rings. The van der Waals surface area contributed by atoms with Crippen molar-refractivity contribution >= 4 is 38.3 Å². The van der Waals surface area contributed by atoms with Crippen LogP contribution >= 0.6 is 15.9 Å². The monoisotopic (exact) mass is 342 g/mol. The number of anilines is 1. The first-order valence-electron chi connectivity index (χ1n) is 6.29. The molecule has 2 N–H and O–H groups in total. The molecule has 0 aliphatic rings. The molecule has 3 aromatic rings. The number of nitrogens with zero attached hydrogens (tertiary/aromatic N) is 1. The summed E-state index contributed by atoms with van der Waals surface area (Å²) in [5, 5.41) is 14.4. The number of pyridine rings is 1. The van der Waals surface area contributed by atoms with Gasteiger partial charge in [0.25, 0.3) is 5.91 Å². The first-order valence-corrected chi connectivity index (χ1v) is 7.08. The van der Waals surface area contributed by atoms with Gasteiger partial charge in [-0.05, 0) is 29.7 Å². The second-order valence-corrected chi connectivity index (χ2v) is 5.32. The van der Waals surface area contributed by atoms with Crippen molar-refractivity contribution in [1.29, 1.82) is 0 Å². The molecule has 3 rings (SSSR count). The third-order valence-electron chi connectivity index (χ3n) is 3.12. The van der Waals surface area contributed by atoms with E-state index in [2.05, 4.69) is 26.2 Å². The normalized spacial score (nSPS) is 10.5. The maximum atomic E-state index is 12.2. The highest BCUT2D eigenvalue weighted by atomic mass is 79.9. The molecule has 0 aliphatic heterocycles. The number of hydrogen-bond acceptors (Lipinski definition) is 3. The second-order valence-electron chi connectivity index (χ2n) is 4.47. The second kappa shape index (κ2) is 5.54. The average molecular weight is 343 g/mol. The van der Waals surface area contributed by atoms with Crippen molar-refractivity contribution in [3.05, 3.63) is 64.9 Å². The molecule has 0 aliphatic carbocycles. The molecular formula is C16H11BrN2O2. The Hall–Kier alpha value is -2.40. The molecule has 0 spiro atoms. The number of aromatic hydroxyl groups is 1. The van der Waals surface area contributed by atoms with E-state index in [9.17, 15) is 9.90 Å². The van der Waals surface area contributed by atoms with Crippen LogP contribution in [0.5, 0.6) is 5.75 Å². The summed E-state index contributed by atoms with van der Waals surface area (Å²) in [6.45, 7) is 0. The van der Waals surface area contributed by atoms with Crippen molar-refractivity contribution in [2.75, 3.05) is 5.32 Å². The number of rotatable bonds is 2. The molecule has 0 saturated carbocycles. The quantitative estimate of drug-likeness (QED) is 0.741. The predicted octanol–water partition coefficient (Wildman–Crippen LogP) is 3.96. The molecule has 0 radical (unpaired) electrons. The summed E-state index contributed by atoms with van der Waals surface area (Å²) < 4.78 is 0.955. The Kier molecular flexibility index (Phi) is 3.58. The van der Waals surface area contributed by atoms with Gasteiger partial charge in [0.05, 0.1) is 0 Å². The van der Waals surface area contributed by atoms with Crippen LogP contribution in [0.1, 0.15) is 10.5 Å². The van der Waals surface area contributed by atoms with Gasteiger partial charge in [0.15, 0.2) is 5.69 Å². The minimum atomic E-state index is -0.444. The minimum absolute atomic E-state index is 0.00417. The van der Waals surface area contributed by atoms with Crippen LogP contribution in [0.3, 0.4) is 0 Å². The van der Waals surface area contributed by atoms with Gasteiger partial charge in [-0.25, -0.2) is 4.98 Å². The molecule has 1 heterocycles. The van der Waals surface area contributed by atoms with Crippen LogP contribution in [0.2, 0.25) is 0 Å². The maximum absolute atomic E-state index is 12.2. The first kappa shape index (κ1) is 13.6. The molecule has 0 saturated heterocycles. The third kappa shape index (κ3) is 2.60. The van der Waals surface area contributed by atoms with Crippen LogP contribution in [0.15, 0.2) is 59.2 Å². The predicted molar refractivity (Wildman–Crippen MR) is 85.5 cm³/mol. The third-order valence-corrected chi connectivity index (χ3v) is 3.81. The number of carbonyl (C=O) groups is 1. The lowest BCUT2D eigenvalue weighted by Gasteiger charge is -2.10. The van der Waals surface area contributed by atoms with Crippen molar-refractivity contribution in [1.82, 2.24) is 4.98 Å². The summed E-state index contributed by atoms with van der Waals surface area (Å²) in [5.41, 5.74) is 0.674. The van der Waals surface area contributed by atoms with Crippen LogP contribution < -0.4 is 5.32 Å². The Morgan fingerprint density at radius 1 is 1.05 bits per heavy atom. The van der Waals surface area contributed by atoms with Gasteiger partial charge in [-0.3, -0.25) is 4.79 Å². The zero-order chi connectivity index (χ0) is 14.8. The summed E-state index contributed by atoms with van der Waals surface area (Å²) in [5.74, 6) is -0.586. The topological polar surface area (TPSA) is 62.2 Å². The Balaban J connectivity index is 2.01. The zero-order valence-corrected chi connectivity index (χ0v) is 12.5. The van der Waals surface area contributed by atoms with Crippen molar-refractivity contribution in [2.45, 2.75) is 0 Å². The number of benzene rings is 2. The van der Waals surface area contributed by atoms with E-state index in [0.29, 0.717) is 5.69 Å². The molecule has 1 amide bonds. The molecule has 0 atom stereocenters. The number of halogens is 1. The Bertz CT molecular complexity index is 833. The van der Waals surface area contributed by atoms with Gasteiger partial charge in [-0.15, -0.1) is 0 Å². The smallest absolute Gasteiger partial charge is 0.278 e. The summed E-state index contributed by atoms with van der Waals surface area (Å²) in [6.07, 6.45) is 1.47. The van der Waals surface area contributed by atoms with Gasteiger partial charge in [0.1, 0.15) is 5.75 Å². The van der Waals surface area contributed by atoms with Crippen LogP contribution in [0.4, 0.5) is 5.69 Å². The van der Waals surface area contributed by atoms with Gasteiger partial charge in [-0.2, -0.15) is 0 Å². The van der Waals surface area contributed by atoms with Crippen LogP contribution in [0, 0.1) is 0 Å². The first-order chi connectivity index (χ1) is 10.2. The Labute approximate surface area is 129 Å². The van der Waals surface area contributed by atoms with Crippen molar-refractivity contribution in [3.8, 4) is 5.75 Å². The molecule has 1 aromatic heterocycles. The van der Waals surface area contributed by atoms with Crippen molar-refractivity contribution < 1.29 is 9.90 Å². The fourth-order valence-corrected chi connectivity index (χ4v) is 2.60. The lowest BCUT2D eigenvalue weighted by Crippen LogP contribution is -2.14. The Morgan fingerprint density at radius 3 is 2.57 bits per heavy atom. The summed E-state index contributed by atoms with van der Waals surface area (Å²) in [4.78, 5) is 16.1. The van der Waals surface area contributed by atoms with E-state index in [1.165, 1.54) is 12.3 Å². The largest absolute Gasteiger partial charge is 0.505 e. The molecule has 0 unspecified atom stereocenters. The summed E-state index contributed by atoms with van der Waals surface area (Å²) in [7, 11) is 0. The minimum Gasteiger partial charge on any atom is -0.505 e. The molecule has 4 nitrogen and oxygen atoms in total. The summed E-state index contributed by atoms with van der Waals surface area (Å²) >= 11 is 3.49. The molecule has 21 heavy (non-hydrogen) atoms. The number of amides is 1. The summed E-state index contributed by atoms with van der Waals surface area (Å²) in [6, 6.07) is 14.4. The lowest BCUT2D eigenvalue weighted by atomic mass is 10.1. The van der Waals surface area contributed by atoms with Crippen molar-refractivity contribution in [2.24, 2.45) is 0 Å². The standard InChI is InChI=1S/C16H11BrN2O2/c17-12-7-8-13(11-5-2-1-4-10(11)12)19-16(21)15-14(20)6-3-9-18-15/h1-9,20H,(H,19,21). The van der Waals surface area contributed by atoms with E-state index < -0.39 is 5.91 Å². The fraction of sp³-hybridized carbons (Fsp3) is 0. The number of carbonyl (C=O) groups excluding carboxylic acids is 1. The van der Waals surface area contributed by atoms with Crippen molar-refractivity contribution in [3.63, 3.8) is 0 Å². The van der Waals surface area contributed by atoms with Crippen LogP contribution in [-0.4, -0.2) is 16.0 Å². The van der Waals surface area contributed by atoms with Crippen LogP contribution in [-0.2, 0) is 0 Å². The molecule has 0 bridgehead atoms. The average Bonchev–Trinajstić information content (AvgIpc) is 2.51. The SMILES string of the molecule is O=C(Nc1ccc(Br)c2ccccc12)c1ncccc1O. The van der Waals surface area contributed by atoms with E-state index in [1.54, 1.807) is 6.07 Å². The van der Waals surface area contributed by atoms with Gasteiger partial charge >= 0.3 is 0 Å². The van der Waals surface area contributed by atoms with Gasteiger partial charge in [-0.1, -0.05) is 40.2 Å². The molecule has 2 aromatic carbocycles. The maximum Gasteiger partial charge on any atom is 0.278 e. The molecule has 104 valence electrons. The number of hydrogen-bond donors (Lipinski definition) is 2. The molecular weight excluding hydrogens is 332 g/mol. The highest BCUT2D eigenvalue weighted by molar-refractivity contribution is 9.10. The molecule has 5 heteroatoms. The van der Waals surface area contributed by atoms with E-state index in [4.69, 9.17) is 0 Å². The van der Waals surface area contributed by atoms with Crippen LogP contribution in [0.25, 0.3) is 10.8 Å². The zero-order valence-electron chi connectivity index (χ0n) is 10.9. The Morgan fingerprint density at radius 2 is 1.81 bits per heavy atom. The van der Waals surface area contributed by atoms with E-state index >= 15 is 0 Å². The lowest BCUT2D eigenvalue weighted by molar-refractivity contribution is 0.101. The fourth-order valence-electron chi connectivity index (χ4n) is 2.12. The highest BCUT2D eigenvalue weighted by Gasteiger charge is 2.14.